The summed E-state index contributed by atoms with van der Waals surface area (Å²) in [6, 6.07) is 5.62. The van der Waals surface area contributed by atoms with E-state index in [9.17, 15) is 9.59 Å². The molecule has 6 nitrogen and oxygen atoms in total. The summed E-state index contributed by atoms with van der Waals surface area (Å²) in [5.74, 6) is -0.124. The Labute approximate surface area is 157 Å². The van der Waals surface area contributed by atoms with E-state index in [0.717, 1.165) is 20.2 Å². The quantitative estimate of drug-likeness (QED) is 0.614. The summed E-state index contributed by atoms with van der Waals surface area (Å²) in [5.41, 5.74) is 1.61. The molecule has 1 atom stereocenters. The summed E-state index contributed by atoms with van der Waals surface area (Å²) in [7, 11) is 0. The minimum absolute atomic E-state index is 0.0223. The van der Waals surface area contributed by atoms with Crippen LogP contribution in [0.4, 0.5) is 10.8 Å². The Bertz CT molecular complexity index is 892. The average Bonchev–Trinajstić information content (AvgIpc) is 3.23. The molecule has 0 aliphatic carbocycles. The van der Waals surface area contributed by atoms with Crippen molar-refractivity contribution in [2.75, 3.05) is 10.6 Å². The molecule has 0 fully saturated rings. The van der Waals surface area contributed by atoms with Crippen molar-refractivity contribution in [2.45, 2.75) is 29.9 Å². The lowest BCUT2D eigenvalue weighted by Crippen LogP contribution is -2.22. The largest absolute Gasteiger partial charge is 0.326 e. The first-order valence-corrected chi connectivity index (χ1v) is 10.2. The zero-order valence-electron chi connectivity index (χ0n) is 13.6. The van der Waals surface area contributed by atoms with E-state index in [1.165, 1.54) is 34.4 Å². The van der Waals surface area contributed by atoms with Gasteiger partial charge in [-0.1, -0.05) is 18.7 Å². The second-order valence-corrected chi connectivity index (χ2v) is 8.66. The molecule has 2 N–H and O–H groups in total. The molecule has 2 amide bonds. The van der Waals surface area contributed by atoms with Crippen LogP contribution in [0.15, 0.2) is 34.1 Å². The van der Waals surface area contributed by atoms with Crippen molar-refractivity contribution in [3.8, 4) is 0 Å². The molecule has 25 heavy (non-hydrogen) atoms. The number of aromatic nitrogens is 2. The molecule has 0 spiro atoms. The molecule has 0 saturated heterocycles. The van der Waals surface area contributed by atoms with Gasteiger partial charge in [-0.15, -0.1) is 22.7 Å². The van der Waals surface area contributed by atoms with Gasteiger partial charge < -0.3 is 10.6 Å². The highest BCUT2D eigenvalue weighted by Gasteiger charge is 2.18. The van der Waals surface area contributed by atoms with Gasteiger partial charge in [0, 0.05) is 23.7 Å². The number of hydrogen-bond acceptors (Lipinski definition) is 7. The first kappa shape index (κ1) is 17.8. The van der Waals surface area contributed by atoms with Gasteiger partial charge in [0.25, 0.3) is 0 Å². The lowest BCUT2D eigenvalue weighted by atomic mass is 10.3. The van der Waals surface area contributed by atoms with Crippen LogP contribution >= 0.6 is 34.4 Å². The van der Waals surface area contributed by atoms with Crippen molar-refractivity contribution in [2.24, 2.45) is 0 Å². The van der Waals surface area contributed by atoms with Gasteiger partial charge in [-0.2, -0.15) is 0 Å². The molecular formula is C16H16N4O2S3. The Morgan fingerprint density at radius 2 is 2.16 bits per heavy atom. The summed E-state index contributed by atoms with van der Waals surface area (Å²) in [6.07, 6.45) is 2.09. The van der Waals surface area contributed by atoms with E-state index >= 15 is 0 Å². The van der Waals surface area contributed by atoms with E-state index in [2.05, 4.69) is 20.6 Å². The number of amides is 2. The second-order valence-electron chi connectivity index (χ2n) is 5.15. The summed E-state index contributed by atoms with van der Waals surface area (Å²) in [4.78, 5) is 32.3. The number of fused-ring (bicyclic) bond motifs is 1. The van der Waals surface area contributed by atoms with Crippen molar-refractivity contribution in [3.63, 3.8) is 0 Å². The van der Waals surface area contributed by atoms with Crippen LogP contribution < -0.4 is 10.6 Å². The number of carbonyl (C=O) groups is 2. The van der Waals surface area contributed by atoms with Gasteiger partial charge >= 0.3 is 0 Å². The van der Waals surface area contributed by atoms with E-state index in [0.29, 0.717) is 11.6 Å². The minimum atomic E-state index is -0.288. The third-order valence-corrected chi connectivity index (χ3v) is 6.18. The Morgan fingerprint density at radius 3 is 2.88 bits per heavy atom. The molecule has 2 aromatic heterocycles. The van der Waals surface area contributed by atoms with Gasteiger partial charge in [0.15, 0.2) is 9.47 Å². The van der Waals surface area contributed by atoms with Crippen LogP contribution in [-0.2, 0) is 9.59 Å². The monoisotopic (exact) mass is 392 g/mol. The Balaban J connectivity index is 1.68. The molecule has 3 rings (SSSR count). The molecule has 0 radical (unpaired) electrons. The fourth-order valence-electron chi connectivity index (χ4n) is 1.98. The van der Waals surface area contributed by atoms with Crippen molar-refractivity contribution in [3.05, 3.63) is 29.8 Å². The predicted octanol–water partition coefficient (Wildman–Crippen LogP) is 4.22. The molecule has 0 saturated carbocycles. The molecule has 1 aromatic carbocycles. The Morgan fingerprint density at radius 1 is 1.32 bits per heavy atom. The van der Waals surface area contributed by atoms with E-state index < -0.39 is 0 Å². The van der Waals surface area contributed by atoms with Gasteiger partial charge in [-0.3, -0.25) is 9.59 Å². The van der Waals surface area contributed by atoms with Crippen molar-refractivity contribution in [1.82, 2.24) is 9.97 Å². The summed E-state index contributed by atoms with van der Waals surface area (Å²) in [6.45, 7) is 3.65. The number of benzene rings is 1. The number of thiazole rings is 2. The minimum Gasteiger partial charge on any atom is -0.326 e. The first-order chi connectivity index (χ1) is 12.0. The highest BCUT2D eigenvalue weighted by Crippen LogP contribution is 2.33. The van der Waals surface area contributed by atoms with Crippen molar-refractivity contribution < 1.29 is 9.59 Å². The van der Waals surface area contributed by atoms with Crippen LogP contribution in [0.3, 0.4) is 0 Å². The fraction of sp³-hybridized carbons (Fsp3) is 0.250. The fourth-order valence-corrected chi connectivity index (χ4v) is 4.76. The second kappa shape index (κ2) is 7.94. The number of rotatable bonds is 6. The van der Waals surface area contributed by atoms with Crippen LogP contribution in [-0.4, -0.2) is 27.0 Å². The summed E-state index contributed by atoms with van der Waals surface area (Å²) in [5, 5.41) is 7.75. The molecule has 0 bridgehead atoms. The zero-order chi connectivity index (χ0) is 17.8. The third kappa shape index (κ3) is 4.56. The molecule has 9 heteroatoms. The SMILES string of the molecule is CCC(=O)Nc1ccc2nc(S[C@H](C)C(=O)Nc3nccs3)sc2c1. The van der Waals surface area contributed by atoms with Gasteiger partial charge in [-0.05, 0) is 25.1 Å². The van der Waals surface area contributed by atoms with Crippen LogP contribution in [0, 0.1) is 0 Å². The van der Waals surface area contributed by atoms with Crippen LogP contribution in [0.5, 0.6) is 0 Å². The van der Waals surface area contributed by atoms with E-state index in [4.69, 9.17) is 0 Å². The van der Waals surface area contributed by atoms with E-state index in [1.807, 2.05) is 37.4 Å². The normalized spacial score (nSPS) is 12.1. The Hall–Kier alpha value is -1.97. The number of carbonyl (C=O) groups excluding carboxylic acids is 2. The molecule has 0 unspecified atom stereocenters. The van der Waals surface area contributed by atoms with Gasteiger partial charge in [0.05, 0.1) is 15.5 Å². The number of nitrogens with zero attached hydrogens (tertiary/aromatic N) is 2. The molecular weight excluding hydrogens is 376 g/mol. The standard InChI is InChI=1S/C16H16N4O2S3/c1-3-13(21)18-10-4-5-11-12(8-10)25-16(19-11)24-9(2)14(22)20-15-17-6-7-23-15/h4-9H,3H2,1-2H3,(H,18,21)(H,17,20,22)/t9-/m1/s1. The molecule has 3 aromatic rings. The number of nitrogens with one attached hydrogen (secondary N) is 2. The van der Waals surface area contributed by atoms with Gasteiger partial charge in [0.1, 0.15) is 0 Å². The highest BCUT2D eigenvalue weighted by molar-refractivity contribution is 8.02. The van der Waals surface area contributed by atoms with Gasteiger partial charge in [0.2, 0.25) is 11.8 Å². The van der Waals surface area contributed by atoms with Crippen molar-refractivity contribution >= 4 is 67.3 Å². The Kier molecular flexibility index (Phi) is 5.67. The predicted molar refractivity (Wildman–Crippen MR) is 105 cm³/mol. The summed E-state index contributed by atoms with van der Waals surface area (Å²) < 4.78 is 1.79. The number of thioether (sulfide) groups is 1. The third-order valence-electron chi connectivity index (χ3n) is 3.28. The van der Waals surface area contributed by atoms with Crippen LogP contribution in [0.25, 0.3) is 10.2 Å². The maximum Gasteiger partial charge on any atom is 0.239 e. The van der Waals surface area contributed by atoms with Crippen LogP contribution in [0.2, 0.25) is 0 Å². The highest BCUT2D eigenvalue weighted by atomic mass is 32.2. The topological polar surface area (TPSA) is 84.0 Å². The molecule has 130 valence electrons. The molecule has 0 aliphatic rings. The average molecular weight is 393 g/mol. The smallest absolute Gasteiger partial charge is 0.239 e. The maximum absolute atomic E-state index is 12.2. The molecule has 0 aliphatic heterocycles. The van der Waals surface area contributed by atoms with Crippen LogP contribution in [0.1, 0.15) is 20.3 Å². The molecule has 2 heterocycles. The van der Waals surface area contributed by atoms with E-state index in [1.54, 1.807) is 6.20 Å². The van der Waals surface area contributed by atoms with E-state index in [-0.39, 0.29) is 17.1 Å². The first-order valence-electron chi connectivity index (χ1n) is 7.62. The number of anilines is 2. The lowest BCUT2D eigenvalue weighted by molar-refractivity contribution is -0.116. The maximum atomic E-state index is 12.2. The lowest BCUT2D eigenvalue weighted by Gasteiger charge is -2.07. The van der Waals surface area contributed by atoms with Gasteiger partial charge in [-0.25, -0.2) is 9.97 Å². The summed E-state index contributed by atoms with van der Waals surface area (Å²) >= 11 is 4.30. The number of hydrogen-bond donors (Lipinski definition) is 2. The van der Waals surface area contributed by atoms with Crippen molar-refractivity contribution in [1.29, 1.82) is 0 Å². The zero-order valence-corrected chi connectivity index (χ0v) is 16.1.